The zero-order chi connectivity index (χ0) is 10.8. The lowest BCUT2D eigenvalue weighted by Crippen LogP contribution is -2.14. The van der Waals surface area contributed by atoms with Crippen LogP contribution in [-0.4, -0.2) is 26.2 Å². The van der Waals surface area contributed by atoms with E-state index in [1.807, 2.05) is 0 Å². The van der Waals surface area contributed by atoms with E-state index in [9.17, 15) is 13.2 Å². The number of carbonyl (C=O) groups is 1. The first-order valence-corrected chi connectivity index (χ1v) is 6.29. The van der Waals surface area contributed by atoms with E-state index >= 15 is 0 Å². The molecule has 1 aromatic carbocycles. The lowest BCUT2D eigenvalue weighted by atomic mass is 10.1. The molecule has 0 aliphatic rings. The van der Waals surface area contributed by atoms with Crippen molar-refractivity contribution in [1.82, 2.24) is 0 Å². The smallest absolute Gasteiger partial charge is 0.177 e. The number of benzene rings is 1. The molecule has 1 rings (SSSR count). The van der Waals surface area contributed by atoms with Crippen LogP contribution in [0.5, 0.6) is 0 Å². The zero-order valence-electron chi connectivity index (χ0n) is 7.53. The molecule has 0 aromatic heterocycles. The van der Waals surface area contributed by atoms with Crippen LogP contribution in [-0.2, 0) is 9.84 Å². The number of Topliss-reactive ketones (excluding diaryl/α,β-unsaturated/α-hetero) is 1. The fraction of sp³-hybridized carbons (Fsp3) is 0.222. The summed E-state index contributed by atoms with van der Waals surface area (Å²) in [4.78, 5) is 11.3. The van der Waals surface area contributed by atoms with E-state index in [1.165, 1.54) is 12.1 Å². The Morgan fingerprint density at radius 1 is 1.29 bits per heavy atom. The molecule has 76 valence electrons. The summed E-state index contributed by atoms with van der Waals surface area (Å²) in [6, 6.07) is 6.12. The van der Waals surface area contributed by atoms with E-state index in [1.54, 1.807) is 12.1 Å². The normalized spacial score (nSPS) is 11.3. The number of sulfone groups is 1. The van der Waals surface area contributed by atoms with E-state index in [2.05, 4.69) is 0 Å². The van der Waals surface area contributed by atoms with Crippen LogP contribution in [0.4, 0.5) is 0 Å². The van der Waals surface area contributed by atoms with Gasteiger partial charge < -0.3 is 0 Å². The van der Waals surface area contributed by atoms with E-state index < -0.39 is 21.4 Å². The first kappa shape index (κ1) is 11.2. The van der Waals surface area contributed by atoms with Gasteiger partial charge in [-0.15, -0.1) is 0 Å². The van der Waals surface area contributed by atoms with Crippen molar-refractivity contribution >= 4 is 27.2 Å². The minimum Gasteiger partial charge on any atom is -0.293 e. The topological polar surface area (TPSA) is 51.2 Å². The summed E-state index contributed by atoms with van der Waals surface area (Å²) in [6.45, 7) is 0. The second-order valence-corrected chi connectivity index (χ2v) is 5.58. The van der Waals surface area contributed by atoms with Gasteiger partial charge in [0.25, 0.3) is 0 Å². The van der Waals surface area contributed by atoms with E-state index in [-0.39, 0.29) is 0 Å². The number of hydrogen-bond donors (Lipinski definition) is 0. The van der Waals surface area contributed by atoms with Crippen molar-refractivity contribution in [3.8, 4) is 0 Å². The van der Waals surface area contributed by atoms with E-state index in [0.29, 0.717) is 10.6 Å². The molecule has 3 nitrogen and oxygen atoms in total. The Balaban J connectivity index is 2.86. The first-order valence-electron chi connectivity index (χ1n) is 3.85. The Kier molecular flexibility index (Phi) is 3.29. The molecule has 0 N–H and O–H groups in total. The Labute approximate surface area is 87.6 Å². The van der Waals surface area contributed by atoms with Gasteiger partial charge in [-0.2, -0.15) is 0 Å². The number of ketones is 1. The van der Waals surface area contributed by atoms with Crippen molar-refractivity contribution in [2.24, 2.45) is 0 Å². The second-order valence-electron chi connectivity index (χ2n) is 3.00. The Bertz CT molecular complexity index is 434. The molecule has 0 aliphatic heterocycles. The van der Waals surface area contributed by atoms with Crippen molar-refractivity contribution < 1.29 is 13.2 Å². The van der Waals surface area contributed by atoms with Gasteiger partial charge in [0.2, 0.25) is 0 Å². The lowest BCUT2D eigenvalue weighted by molar-refractivity contribution is 0.102. The molecule has 1 aromatic rings. The third-order valence-electron chi connectivity index (χ3n) is 1.56. The molecule has 0 spiro atoms. The largest absolute Gasteiger partial charge is 0.293 e. The highest BCUT2D eigenvalue weighted by molar-refractivity contribution is 7.91. The van der Waals surface area contributed by atoms with Crippen LogP contribution < -0.4 is 0 Å². The highest BCUT2D eigenvalue weighted by Crippen LogP contribution is 2.10. The molecule has 0 saturated heterocycles. The predicted octanol–water partition coefficient (Wildman–Crippen LogP) is 1.57. The molecule has 5 heteroatoms. The molecule has 0 aliphatic carbocycles. The zero-order valence-corrected chi connectivity index (χ0v) is 9.10. The van der Waals surface area contributed by atoms with Crippen molar-refractivity contribution in [2.75, 3.05) is 12.0 Å². The maximum atomic E-state index is 11.3. The first-order chi connectivity index (χ1) is 6.38. The van der Waals surface area contributed by atoms with E-state index in [0.717, 1.165) is 6.26 Å². The van der Waals surface area contributed by atoms with Gasteiger partial charge in [-0.3, -0.25) is 4.79 Å². The van der Waals surface area contributed by atoms with Gasteiger partial charge in [-0.1, -0.05) is 11.6 Å². The highest BCUT2D eigenvalue weighted by atomic mass is 35.5. The predicted molar refractivity (Wildman–Crippen MR) is 55.5 cm³/mol. The summed E-state index contributed by atoms with van der Waals surface area (Å²) in [5.74, 6) is -0.876. The van der Waals surface area contributed by atoms with Crippen LogP contribution in [0, 0.1) is 0 Å². The fourth-order valence-corrected chi connectivity index (χ4v) is 1.73. The Morgan fingerprint density at radius 3 is 2.21 bits per heavy atom. The number of carbonyl (C=O) groups excluding carboxylic acids is 1. The molecule has 14 heavy (non-hydrogen) atoms. The number of halogens is 1. The average molecular weight is 233 g/mol. The van der Waals surface area contributed by atoms with Crippen LogP contribution in [0.25, 0.3) is 0 Å². The third kappa shape index (κ3) is 3.47. The summed E-state index contributed by atoms with van der Waals surface area (Å²) in [5.41, 5.74) is 0.361. The van der Waals surface area contributed by atoms with Gasteiger partial charge in [0, 0.05) is 16.8 Å². The van der Waals surface area contributed by atoms with Crippen molar-refractivity contribution in [3.05, 3.63) is 34.9 Å². The molecule has 0 radical (unpaired) electrons. The summed E-state index contributed by atoms with van der Waals surface area (Å²) < 4.78 is 21.7. The third-order valence-corrected chi connectivity index (χ3v) is 2.60. The average Bonchev–Trinajstić information content (AvgIpc) is 2.02. The van der Waals surface area contributed by atoms with Crippen LogP contribution in [0.2, 0.25) is 5.02 Å². The Morgan fingerprint density at radius 2 is 1.79 bits per heavy atom. The lowest BCUT2D eigenvalue weighted by Gasteiger charge is -1.99. The summed E-state index contributed by atoms with van der Waals surface area (Å²) in [5, 5.41) is 0.515. The number of hydrogen-bond acceptors (Lipinski definition) is 3. The minimum atomic E-state index is -3.26. The van der Waals surface area contributed by atoms with E-state index in [4.69, 9.17) is 11.6 Å². The SMILES string of the molecule is CS(=O)(=O)CC(=O)c1ccc(Cl)cc1. The van der Waals surface area contributed by atoms with Crippen LogP contribution in [0.15, 0.2) is 24.3 Å². The molecule has 0 unspecified atom stereocenters. The molecular formula is C9H9ClO3S. The molecular weight excluding hydrogens is 224 g/mol. The summed E-state index contributed by atoms with van der Waals surface area (Å²) >= 11 is 5.62. The second kappa shape index (κ2) is 4.11. The molecule has 0 atom stereocenters. The molecule has 0 heterocycles. The summed E-state index contributed by atoms with van der Waals surface area (Å²) in [7, 11) is -3.26. The maximum Gasteiger partial charge on any atom is 0.177 e. The van der Waals surface area contributed by atoms with Gasteiger partial charge >= 0.3 is 0 Å². The van der Waals surface area contributed by atoms with Crippen LogP contribution in [0.1, 0.15) is 10.4 Å². The molecule has 0 bridgehead atoms. The van der Waals surface area contributed by atoms with Gasteiger partial charge in [-0.25, -0.2) is 8.42 Å². The molecule has 0 fully saturated rings. The van der Waals surface area contributed by atoms with Gasteiger partial charge in [-0.05, 0) is 24.3 Å². The fourth-order valence-electron chi connectivity index (χ4n) is 0.957. The standard InChI is InChI=1S/C9H9ClO3S/c1-14(12,13)6-9(11)7-2-4-8(10)5-3-7/h2-5H,6H2,1H3. The monoisotopic (exact) mass is 232 g/mol. The van der Waals surface area contributed by atoms with Gasteiger partial charge in [0.15, 0.2) is 15.6 Å². The van der Waals surface area contributed by atoms with Crippen LogP contribution >= 0.6 is 11.6 Å². The minimum absolute atomic E-state index is 0.361. The van der Waals surface area contributed by atoms with Crippen molar-refractivity contribution in [1.29, 1.82) is 0 Å². The maximum absolute atomic E-state index is 11.3. The van der Waals surface area contributed by atoms with Crippen molar-refractivity contribution in [3.63, 3.8) is 0 Å². The Hall–Kier alpha value is -0.870. The van der Waals surface area contributed by atoms with Gasteiger partial charge in [0.05, 0.1) is 0 Å². The summed E-state index contributed by atoms with van der Waals surface area (Å²) in [6.07, 6.45) is 1.03. The quantitative estimate of drug-likeness (QED) is 0.744. The number of rotatable bonds is 3. The van der Waals surface area contributed by atoms with Crippen LogP contribution in [0.3, 0.4) is 0 Å². The molecule has 0 saturated carbocycles. The highest BCUT2D eigenvalue weighted by Gasteiger charge is 2.12. The van der Waals surface area contributed by atoms with Gasteiger partial charge in [0.1, 0.15) is 5.75 Å². The van der Waals surface area contributed by atoms with Crippen molar-refractivity contribution in [2.45, 2.75) is 0 Å². The molecule has 0 amide bonds.